The van der Waals surface area contributed by atoms with E-state index in [2.05, 4.69) is 29.2 Å². The lowest BCUT2D eigenvalue weighted by Crippen LogP contribution is -2.25. The molecule has 1 aromatic rings. The Kier molecular flexibility index (Phi) is 6.03. The van der Waals surface area contributed by atoms with Gasteiger partial charge in [0, 0.05) is 19.5 Å². The van der Waals surface area contributed by atoms with Crippen LogP contribution in [0.15, 0.2) is 18.3 Å². The number of unbranched alkanes of at least 4 members (excludes halogenated alkanes) is 1. The number of amides is 1. The Balaban J connectivity index is 1.88. The molecule has 1 heterocycles. The Morgan fingerprint density at radius 3 is 2.71 bits per heavy atom. The van der Waals surface area contributed by atoms with Crippen molar-refractivity contribution in [2.75, 3.05) is 23.8 Å². The minimum atomic E-state index is 0.156. The van der Waals surface area contributed by atoms with Crippen molar-refractivity contribution in [2.24, 2.45) is 5.92 Å². The number of carbonyl (C=O) groups is 1. The van der Waals surface area contributed by atoms with Crippen LogP contribution in [0.4, 0.5) is 11.5 Å². The second-order valence-corrected chi connectivity index (χ2v) is 6.00. The first-order valence-electron chi connectivity index (χ1n) is 8.18. The Labute approximate surface area is 127 Å². The van der Waals surface area contributed by atoms with E-state index in [1.807, 2.05) is 12.1 Å². The van der Waals surface area contributed by atoms with Crippen LogP contribution in [0.3, 0.4) is 0 Å². The molecule has 116 valence electrons. The van der Waals surface area contributed by atoms with Gasteiger partial charge in [-0.3, -0.25) is 4.79 Å². The van der Waals surface area contributed by atoms with Crippen molar-refractivity contribution in [1.29, 1.82) is 0 Å². The number of nitrogens with zero attached hydrogens (tertiary/aromatic N) is 2. The van der Waals surface area contributed by atoms with Crippen LogP contribution in [0.5, 0.6) is 0 Å². The fourth-order valence-corrected chi connectivity index (χ4v) is 2.80. The van der Waals surface area contributed by atoms with Crippen LogP contribution < -0.4 is 10.2 Å². The number of anilines is 2. The van der Waals surface area contributed by atoms with E-state index in [9.17, 15) is 4.79 Å². The molecule has 0 unspecified atom stereocenters. The monoisotopic (exact) mass is 289 g/mol. The van der Waals surface area contributed by atoms with Crippen LogP contribution in [0.2, 0.25) is 0 Å². The molecule has 21 heavy (non-hydrogen) atoms. The summed E-state index contributed by atoms with van der Waals surface area (Å²) in [7, 11) is 2.05. The number of hydrogen-bond donors (Lipinski definition) is 1. The maximum absolute atomic E-state index is 12.2. The summed E-state index contributed by atoms with van der Waals surface area (Å²) in [5.74, 6) is 1.30. The lowest BCUT2D eigenvalue weighted by Gasteiger charge is -2.21. The van der Waals surface area contributed by atoms with E-state index >= 15 is 0 Å². The van der Waals surface area contributed by atoms with E-state index in [1.54, 1.807) is 6.20 Å². The fraction of sp³-hybridized carbons (Fsp3) is 0.647. The van der Waals surface area contributed by atoms with E-state index in [0.717, 1.165) is 30.9 Å². The third kappa shape index (κ3) is 4.73. The van der Waals surface area contributed by atoms with Crippen LogP contribution in [-0.2, 0) is 4.79 Å². The van der Waals surface area contributed by atoms with Gasteiger partial charge in [0.05, 0.1) is 11.9 Å². The average molecular weight is 289 g/mol. The van der Waals surface area contributed by atoms with Crippen LogP contribution in [0.1, 0.15) is 51.9 Å². The molecule has 1 amide bonds. The summed E-state index contributed by atoms with van der Waals surface area (Å²) < 4.78 is 0. The molecule has 0 saturated heterocycles. The molecule has 0 atom stereocenters. The van der Waals surface area contributed by atoms with Crippen molar-refractivity contribution in [1.82, 2.24) is 4.98 Å². The van der Waals surface area contributed by atoms with E-state index < -0.39 is 0 Å². The molecule has 2 rings (SSSR count). The Hall–Kier alpha value is -1.58. The van der Waals surface area contributed by atoms with Crippen molar-refractivity contribution in [3.8, 4) is 0 Å². The molecule has 0 bridgehead atoms. The molecule has 1 aliphatic carbocycles. The molecular formula is C17H27N3O. The summed E-state index contributed by atoms with van der Waals surface area (Å²) in [6.45, 7) is 3.20. The zero-order valence-electron chi connectivity index (χ0n) is 13.3. The largest absolute Gasteiger partial charge is 0.360 e. The number of rotatable bonds is 6. The molecule has 1 aliphatic rings. The molecule has 4 nitrogen and oxygen atoms in total. The molecule has 0 radical (unpaired) electrons. The number of carbonyl (C=O) groups excluding carboxylic acids is 1. The lowest BCUT2D eigenvalue weighted by molar-refractivity contribution is -0.120. The standard InChI is InChI=1S/C17H27N3O/c1-3-4-12-20(2)16-11-10-15(13-18-16)19-17(21)14-8-6-5-7-9-14/h10-11,13-14H,3-9,12H2,1-2H3,(H,19,21). The summed E-state index contributed by atoms with van der Waals surface area (Å²) in [6.07, 6.45) is 9.78. The van der Waals surface area contributed by atoms with E-state index in [4.69, 9.17) is 0 Å². The first-order chi connectivity index (χ1) is 10.2. The zero-order valence-corrected chi connectivity index (χ0v) is 13.3. The van der Waals surface area contributed by atoms with Crippen LogP contribution >= 0.6 is 0 Å². The van der Waals surface area contributed by atoms with Crippen molar-refractivity contribution < 1.29 is 4.79 Å². The van der Waals surface area contributed by atoms with Gasteiger partial charge in [-0.2, -0.15) is 0 Å². The number of aromatic nitrogens is 1. The molecular weight excluding hydrogens is 262 g/mol. The summed E-state index contributed by atoms with van der Waals surface area (Å²) in [5, 5.41) is 3.00. The molecule has 0 aromatic carbocycles. The number of nitrogens with one attached hydrogen (secondary N) is 1. The average Bonchev–Trinajstić information content (AvgIpc) is 2.54. The van der Waals surface area contributed by atoms with Crippen LogP contribution in [0, 0.1) is 5.92 Å². The summed E-state index contributed by atoms with van der Waals surface area (Å²) >= 11 is 0. The highest BCUT2D eigenvalue weighted by atomic mass is 16.1. The van der Waals surface area contributed by atoms with E-state index in [1.165, 1.54) is 32.1 Å². The molecule has 0 aliphatic heterocycles. The van der Waals surface area contributed by atoms with Gasteiger partial charge in [0.2, 0.25) is 5.91 Å². The van der Waals surface area contributed by atoms with Gasteiger partial charge in [-0.15, -0.1) is 0 Å². The third-order valence-corrected chi connectivity index (χ3v) is 4.23. The second kappa shape index (κ2) is 8.01. The Morgan fingerprint density at radius 2 is 2.10 bits per heavy atom. The van der Waals surface area contributed by atoms with Gasteiger partial charge in [0.1, 0.15) is 5.82 Å². The lowest BCUT2D eigenvalue weighted by atomic mass is 9.88. The Bertz CT molecular complexity index is 438. The third-order valence-electron chi connectivity index (χ3n) is 4.23. The highest BCUT2D eigenvalue weighted by Gasteiger charge is 2.21. The van der Waals surface area contributed by atoms with E-state index in [-0.39, 0.29) is 11.8 Å². The van der Waals surface area contributed by atoms with Gasteiger partial charge in [-0.1, -0.05) is 32.6 Å². The first kappa shape index (κ1) is 15.8. The topological polar surface area (TPSA) is 45.2 Å². The van der Waals surface area contributed by atoms with Crippen molar-refractivity contribution in [3.63, 3.8) is 0 Å². The smallest absolute Gasteiger partial charge is 0.227 e. The van der Waals surface area contributed by atoms with Crippen molar-refractivity contribution in [2.45, 2.75) is 51.9 Å². The maximum atomic E-state index is 12.2. The predicted molar refractivity (Wildman–Crippen MR) is 87.6 cm³/mol. The quantitative estimate of drug-likeness (QED) is 0.865. The maximum Gasteiger partial charge on any atom is 0.227 e. The van der Waals surface area contributed by atoms with Gasteiger partial charge in [0.25, 0.3) is 0 Å². The van der Waals surface area contributed by atoms with Gasteiger partial charge in [-0.25, -0.2) is 4.98 Å². The molecule has 1 fully saturated rings. The summed E-state index contributed by atoms with van der Waals surface area (Å²) in [4.78, 5) is 18.8. The Morgan fingerprint density at radius 1 is 1.33 bits per heavy atom. The van der Waals surface area contributed by atoms with Gasteiger partial charge in [0.15, 0.2) is 0 Å². The summed E-state index contributed by atoms with van der Waals surface area (Å²) in [6, 6.07) is 3.93. The van der Waals surface area contributed by atoms with Gasteiger partial charge >= 0.3 is 0 Å². The normalized spacial score (nSPS) is 15.7. The number of pyridine rings is 1. The molecule has 1 N–H and O–H groups in total. The fourth-order valence-electron chi connectivity index (χ4n) is 2.80. The molecule has 1 saturated carbocycles. The minimum Gasteiger partial charge on any atom is -0.360 e. The highest BCUT2D eigenvalue weighted by Crippen LogP contribution is 2.25. The van der Waals surface area contributed by atoms with Gasteiger partial charge in [-0.05, 0) is 31.4 Å². The minimum absolute atomic E-state index is 0.156. The second-order valence-electron chi connectivity index (χ2n) is 6.00. The summed E-state index contributed by atoms with van der Waals surface area (Å²) in [5.41, 5.74) is 0.804. The predicted octanol–water partition coefficient (Wildman–Crippen LogP) is 3.84. The molecule has 0 spiro atoms. The zero-order chi connectivity index (χ0) is 15.1. The highest BCUT2D eigenvalue weighted by molar-refractivity contribution is 5.92. The van der Waals surface area contributed by atoms with E-state index in [0.29, 0.717) is 0 Å². The van der Waals surface area contributed by atoms with Crippen molar-refractivity contribution in [3.05, 3.63) is 18.3 Å². The molecule has 1 aromatic heterocycles. The molecule has 4 heteroatoms. The first-order valence-corrected chi connectivity index (χ1v) is 8.18. The van der Waals surface area contributed by atoms with Crippen LogP contribution in [0.25, 0.3) is 0 Å². The SMILES string of the molecule is CCCCN(C)c1ccc(NC(=O)C2CCCCC2)cn1. The van der Waals surface area contributed by atoms with Crippen LogP contribution in [-0.4, -0.2) is 24.5 Å². The number of hydrogen-bond acceptors (Lipinski definition) is 3. The van der Waals surface area contributed by atoms with Crippen molar-refractivity contribution >= 4 is 17.4 Å². The van der Waals surface area contributed by atoms with Gasteiger partial charge < -0.3 is 10.2 Å².